The largest absolute Gasteiger partial charge is 0.310 e. The van der Waals surface area contributed by atoms with E-state index in [0.717, 1.165) is 0 Å². The minimum Gasteiger partial charge on any atom is -0.310 e. The molecule has 3 nitrogen and oxygen atoms in total. The molecule has 0 aromatic heterocycles. The van der Waals surface area contributed by atoms with Crippen LogP contribution in [0.25, 0.3) is 0 Å². The SMILES string of the molecule is CC1(C)N=CNN1. The molecule has 0 atom stereocenters. The van der Waals surface area contributed by atoms with Crippen LogP contribution in [0.4, 0.5) is 0 Å². The summed E-state index contributed by atoms with van der Waals surface area (Å²) in [6, 6.07) is 0. The molecule has 0 amide bonds. The summed E-state index contributed by atoms with van der Waals surface area (Å²) in [4.78, 5) is 4.02. The van der Waals surface area contributed by atoms with Gasteiger partial charge in [-0.15, -0.1) is 0 Å². The molecule has 0 saturated carbocycles. The van der Waals surface area contributed by atoms with E-state index in [1.54, 1.807) is 6.34 Å². The Hall–Kier alpha value is -0.570. The van der Waals surface area contributed by atoms with Crippen molar-refractivity contribution in [2.75, 3.05) is 0 Å². The Kier molecular flexibility index (Phi) is 0.785. The highest BCUT2D eigenvalue weighted by Gasteiger charge is 2.16. The van der Waals surface area contributed by atoms with E-state index in [4.69, 9.17) is 0 Å². The fraction of sp³-hybridized carbons (Fsp3) is 0.750. The third-order valence-electron chi connectivity index (χ3n) is 0.830. The molecule has 0 unspecified atom stereocenters. The zero-order chi connectivity index (χ0) is 5.33. The van der Waals surface area contributed by atoms with Crippen molar-refractivity contribution >= 4 is 6.34 Å². The van der Waals surface area contributed by atoms with Crippen LogP contribution in [0.5, 0.6) is 0 Å². The van der Waals surface area contributed by atoms with Crippen LogP contribution < -0.4 is 10.9 Å². The van der Waals surface area contributed by atoms with Gasteiger partial charge in [-0.25, -0.2) is 5.43 Å². The van der Waals surface area contributed by atoms with Crippen molar-refractivity contribution in [2.24, 2.45) is 4.99 Å². The fourth-order valence-electron chi connectivity index (χ4n) is 0.435. The van der Waals surface area contributed by atoms with Crippen molar-refractivity contribution in [3.05, 3.63) is 0 Å². The molecule has 1 heterocycles. The quantitative estimate of drug-likeness (QED) is 0.443. The Morgan fingerprint density at radius 3 is 2.43 bits per heavy atom. The first kappa shape index (κ1) is 4.59. The highest BCUT2D eigenvalue weighted by atomic mass is 15.5. The second-order valence-corrected chi connectivity index (χ2v) is 2.09. The summed E-state index contributed by atoms with van der Waals surface area (Å²) < 4.78 is 0. The molecule has 3 heteroatoms. The van der Waals surface area contributed by atoms with E-state index < -0.39 is 0 Å². The minimum absolute atomic E-state index is 0.0972. The van der Waals surface area contributed by atoms with Crippen LogP contribution in [0, 0.1) is 0 Å². The van der Waals surface area contributed by atoms with Crippen LogP contribution in [0.2, 0.25) is 0 Å². The first-order valence-corrected chi connectivity index (χ1v) is 2.27. The van der Waals surface area contributed by atoms with Gasteiger partial charge in [0.25, 0.3) is 0 Å². The molecule has 0 fully saturated rings. The molecule has 2 N–H and O–H groups in total. The molecule has 0 bridgehead atoms. The van der Waals surface area contributed by atoms with Crippen LogP contribution in [0.15, 0.2) is 4.99 Å². The maximum atomic E-state index is 4.02. The van der Waals surface area contributed by atoms with Gasteiger partial charge in [-0.3, -0.25) is 4.99 Å². The zero-order valence-corrected chi connectivity index (χ0v) is 4.52. The normalized spacial score (nSPS) is 24.9. The van der Waals surface area contributed by atoms with Crippen LogP contribution in [0.1, 0.15) is 13.8 Å². The standard InChI is InChI=1S/C4H9N3/c1-4(2)5-3-6-7-4/h3,7H,1-2H3,(H,5,6). The van der Waals surface area contributed by atoms with E-state index >= 15 is 0 Å². The van der Waals surface area contributed by atoms with Crippen molar-refractivity contribution in [3.63, 3.8) is 0 Å². The predicted octanol–water partition coefficient (Wildman–Crippen LogP) is -0.141. The summed E-state index contributed by atoms with van der Waals surface area (Å²) in [5, 5.41) is 0. The smallest absolute Gasteiger partial charge is 0.123 e. The number of hydrogen-bond donors (Lipinski definition) is 2. The first-order chi connectivity index (χ1) is 3.21. The first-order valence-electron chi connectivity index (χ1n) is 2.27. The number of aliphatic imine (C=N–C) groups is 1. The van der Waals surface area contributed by atoms with Gasteiger partial charge in [0.05, 0.1) is 6.34 Å². The Labute approximate surface area is 42.8 Å². The maximum absolute atomic E-state index is 4.02. The summed E-state index contributed by atoms with van der Waals surface area (Å²) >= 11 is 0. The van der Waals surface area contributed by atoms with Gasteiger partial charge in [-0.2, -0.15) is 0 Å². The molecule has 1 aliphatic rings. The van der Waals surface area contributed by atoms with Gasteiger partial charge in [0.1, 0.15) is 5.66 Å². The summed E-state index contributed by atoms with van der Waals surface area (Å²) in [5.41, 5.74) is 5.60. The highest BCUT2D eigenvalue weighted by Crippen LogP contribution is 2.02. The van der Waals surface area contributed by atoms with Crippen molar-refractivity contribution in [3.8, 4) is 0 Å². The van der Waals surface area contributed by atoms with Crippen LogP contribution >= 0.6 is 0 Å². The van der Waals surface area contributed by atoms with Crippen molar-refractivity contribution < 1.29 is 0 Å². The van der Waals surface area contributed by atoms with Crippen molar-refractivity contribution in [2.45, 2.75) is 19.5 Å². The van der Waals surface area contributed by atoms with Gasteiger partial charge >= 0.3 is 0 Å². The second-order valence-electron chi connectivity index (χ2n) is 2.09. The van der Waals surface area contributed by atoms with Crippen molar-refractivity contribution in [1.29, 1.82) is 0 Å². The van der Waals surface area contributed by atoms with E-state index in [0.29, 0.717) is 0 Å². The lowest BCUT2D eigenvalue weighted by Gasteiger charge is -2.11. The number of nitrogens with one attached hydrogen (secondary N) is 2. The highest BCUT2D eigenvalue weighted by molar-refractivity contribution is 5.56. The molecular weight excluding hydrogens is 90.1 g/mol. The molecule has 40 valence electrons. The summed E-state index contributed by atoms with van der Waals surface area (Å²) in [5.74, 6) is 0. The molecule has 0 spiro atoms. The van der Waals surface area contributed by atoms with Crippen LogP contribution in [-0.4, -0.2) is 12.0 Å². The monoisotopic (exact) mass is 99.1 g/mol. The summed E-state index contributed by atoms with van der Waals surface area (Å²) in [7, 11) is 0. The lowest BCUT2D eigenvalue weighted by molar-refractivity contribution is 0.422. The number of hydrogen-bond acceptors (Lipinski definition) is 3. The van der Waals surface area contributed by atoms with Gasteiger partial charge < -0.3 is 5.43 Å². The van der Waals surface area contributed by atoms with Crippen molar-refractivity contribution in [1.82, 2.24) is 10.9 Å². The Morgan fingerprint density at radius 2 is 2.29 bits per heavy atom. The molecule has 1 aliphatic heterocycles. The molecular formula is C4H9N3. The Morgan fingerprint density at radius 1 is 1.57 bits per heavy atom. The van der Waals surface area contributed by atoms with E-state index in [1.807, 2.05) is 13.8 Å². The lowest BCUT2D eigenvalue weighted by Crippen LogP contribution is -2.39. The average Bonchev–Trinajstić information content (AvgIpc) is 1.84. The topological polar surface area (TPSA) is 36.4 Å². The van der Waals surface area contributed by atoms with Gasteiger partial charge in [0, 0.05) is 0 Å². The fourth-order valence-corrected chi connectivity index (χ4v) is 0.435. The molecule has 0 saturated heterocycles. The number of rotatable bonds is 0. The van der Waals surface area contributed by atoms with E-state index in [2.05, 4.69) is 15.8 Å². The summed E-state index contributed by atoms with van der Waals surface area (Å²) in [6.07, 6.45) is 1.65. The lowest BCUT2D eigenvalue weighted by atomic mass is 10.3. The van der Waals surface area contributed by atoms with Gasteiger partial charge in [0.15, 0.2) is 0 Å². The van der Waals surface area contributed by atoms with E-state index in [9.17, 15) is 0 Å². The molecule has 0 aliphatic carbocycles. The van der Waals surface area contributed by atoms with E-state index in [-0.39, 0.29) is 5.66 Å². The average molecular weight is 99.1 g/mol. The summed E-state index contributed by atoms with van der Waals surface area (Å²) in [6.45, 7) is 3.98. The maximum Gasteiger partial charge on any atom is 0.123 e. The zero-order valence-electron chi connectivity index (χ0n) is 4.52. The van der Waals surface area contributed by atoms with Gasteiger partial charge in [-0.05, 0) is 13.8 Å². The molecule has 7 heavy (non-hydrogen) atoms. The van der Waals surface area contributed by atoms with E-state index in [1.165, 1.54) is 0 Å². The molecule has 0 radical (unpaired) electrons. The third-order valence-corrected chi connectivity index (χ3v) is 0.830. The minimum atomic E-state index is -0.0972. The number of nitrogens with zero attached hydrogens (tertiary/aromatic N) is 1. The Bertz CT molecular complexity index is 95.1. The van der Waals surface area contributed by atoms with Gasteiger partial charge in [-0.1, -0.05) is 0 Å². The molecule has 0 aromatic carbocycles. The van der Waals surface area contributed by atoms with Gasteiger partial charge in [0.2, 0.25) is 0 Å². The second kappa shape index (κ2) is 1.20. The number of hydrazine groups is 1. The molecule has 0 aromatic rings. The van der Waals surface area contributed by atoms with Crippen LogP contribution in [-0.2, 0) is 0 Å². The van der Waals surface area contributed by atoms with Crippen LogP contribution in [0.3, 0.4) is 0 Å². The predicted molar refractivity (Wildman–Crippen MR) is 28.8 cm³/mol. The third kappa shape index (κ3) is 0.899. The Balaban J connectivity index is 2.57. The molecule has 1 rings (SSSR count).